The zero-order chi connectivity index (χ0) is 36.8. The van der Waals surface area contributed by atoms with Crippen LogP contribution in [0.25, 0.3) is 16.9 Å². The van der Waals surface area contributed by atoms with Gasteiger partial charge in [0.25, 0.3) is 17.7 Å². The van der Waals surface area contributed by atoms with Crippen LogP contribution in [0.3, 0.4) is 0 Å². The van der Waals surface area contributed by atoms with Crippen LogP contribution in [-0.2, 0) is 27.3 Å². The van der Waals surface area contributed by atoms with E-state index < -0.39 is 87.4 Å². The molecule has 0 bridgehead atoms. The van der Waals surface area contributed by atoms with E-state index in [1.54, 1.807) is 18.2 Å². The lowest BCUT2D eigenvalue weighted by atomic mass is 9.57. The highest BCUT2D eigenvalue weighted by Crippen LogP contribution is 2.54. The summed E-state index contributed by atoms with van der Waals surface area (Å²) in [5.41, 5.74) is 2.11. The highest BCUT2D eigenvalue weighted by atomic mass is 16.8. The van der Waals surface area contributed by atoms with Gasteiger partial charge in [0, 0.05) is 29.2 Å². The average Bonchev–Trinajstić information content (AvgIpc) is 3.32. The maximum absolute atomic E-state index is 14.4. The molecule has 0 aromatic heterocycles. The number of aliphatic hydroxyl groups is 3. The van der Waals surface area contributed by atoms with Gasteiger partial charge < -0.3 is 31.4 Å². The molecule has 15 nitrogen and oxygen atoms in total. The van der Waals surface area contributed by atoms with E-state index in [9.17, 15) is 54.8 Å². The van der Waals surface area contributed by atoms with Crippen molar-refractivity contribution < 1.29 is 54.8 Å². The number of carbonyl (C=O) groups excluding carboxylic acids is 5. The number of ketones is 2. The van der Waals surface area contributed by atoms with Crippen LogP contribution in [0.5, 0.6) is 5.75 Å². The quantitative estimate of drug-likeness (QED) is 0.108. The third-order valence-electron chi connectivity index (χ3n) is 10.4. The Morgan fingerprint density at radius 1 is 1.00 bits per heavy atom. The van der Waals surface area contributed by atoms with Gasteiger partial charge in [0.2, 0.25) is 5.78 Å². The first-order chi connectivity index (χ1) is 24.1. The summed E-state index contributed by atoms with van der Waals surface area (Å²) in [5.74, 6) is -9.49. The Morgan fingerprint density at radius 2 is 1.65 bits per heavy atom. The molecular weight excluding hydrogens is 664 g/mol. The fourth-order valence-corrected chi connectivity index (χ4v) is 8.12. The molecule has 0 spiro atoms. The van der Waals surface area contributed by atoms with Crippen molar-refractivity contribution in [3.05, 3.63) is 105 Å². The largest absolute Gasteiger partial charge is 0.595 e. The molecule has 4 aliphatic rings. The molecule has 0 saturated heterocycles. The number of nitrogens with one attached hydrogen (secondary N) is 1. The van der Waals surface area contributed by atoms with Gasteiger partial charge in [0.1, 0.15) is 22.8 Å². The molecular formula is C36H32N4O11. The maximum Gasteiger partial charge on any atom is 0.261 e. The normalized spacial score (nSPS) is 24.8. The number of nitrogens with two attached hydrogens (primary N) is 1. The number of imide groups is 1. The second-order valence-electron chi connectivity index (χ2n) is 13.4. The summed E-state index contributed by atoms with van der Waals surface area (Å²) in [6.45, 7) is -0.471. The standard InChI is InChI=1S/C36H32N4O11/c1-38(2)27-23-13-16-11-22-21(15-6-5-7-18(10-15)40(50)51)12-17(14-39-34(47)19-8-3-4-9-20(19)35(39)48)28(41)25(22)29(42)24(16)31(44)36(23,49)32(45)26(30(27)43)33(37)46/h3-10,12,16,23,27,40-42,45,49-50H,11,13-14H2,1-2H3,(H2,37,46)/t16-,23-,27-,36-/m0/s1. The minimum atomic E-state index is -2.85. The number of aliphatic hydroxyl groups excluding tert-OH is 2. The minimum absolute atomic E-state index is 0.0286. The van der Waals surface area contributed by atoms with Crippen LogP contribution < -0.4 is 11.0 Å². The van der Waals surface area contributed by atoms with E-state index in [-0.39, 0.29) is 51.9 Å². The summed E-state index contributed by atoms with van der Waals surface area (Å²) in [7, 11) is 2.99. The molecule has 3 aromatic rings. The molecule has 1 unspecified atom stereocenters. The van der Waals surface area contributed by atoms with E-state index in [2.05, 4.69) is 0 Å². The van der Waals surface area contributed by atoms with Crippen molar-refractivity contribution in [2.24, 2.45) is 17.6 Å². The first kappa shape index (κ1) is 33.8. The number of benzene rings is 3. The number of primary amides is 1. The van der Waals surface area contributed by atoms with Crippen LogP contribution in [0.2, 0.25) is 0 Å². The number of likely N-dealkylation sites (N-methyl/N-ethyl adjacent to an activating group) is 1. The molecule has 1 fully saturated rings. The Balaban J connectivity index is 1.44. The third kappa shape index (κ3) is 4.74. The molecule has 7 rings (SSSR count). The number of quaternary nitrogens is 1. The molecule has 1 saturated carbocycles. The van der Waals surface area contributed by atoms with Gasteiger partial charge >= 0.3 is 0 Å². The van der Waals surface area contributed by atoms with Crippen LogP contribution in [0.4, 0.5) is 5.69 Å². The van der Waals surface area contributed by atoms with E-state index in [4.69, 9.17) is 5.73 Å². The number of hydrogen-bond acceptors (Lipinski definition) is 12. The fraction of sp³-hybridized carbons (Fsp3) is 0.250. The predicted octanol–water partition coefficient (Wildman–Crippen LogP) is 0.831. The zero-order valence-electron chi connectivity index (χ0n) is 27.2. The SMILES string of the molecule is CN(C)[C@@H]1C(=O)C(C(N)=O)=C(O)[C@@]2(O)C(=O)C3=C(O)c4c(O)c(CN5C(=O)c6ccccc6C5=O)cc(-c5cccc([NH+]([O-])O)c5)c4C[C@H]3C[C@@H]12. The summed E-state index contributed by atoms with van der Waals surface area (Å²) in [6.07, 6.45) is -0.222. The van der Waals surface area contributed by atoms with Crippen LogP contribution in [0, 0.1) is 17.0 Å². The molecule has 262 valence electrons. The first-order valence-electron chi connectivity index (χ1n) is 15.9. The number of fused-ring (bicyclic) bond motifs is 4. The number of aromatic hydroxyl groups is 1. The van der Waals surface area contributed by atoms with Crippen molar-refractivity contribution in [3.63, 3.8) is 0 Å². The first-order valence-corrected chi connectivity index (χ1v) is 15.9. The number of rotatable bonds is 6. The average molecular weight is 697 g/mol. The van der Waals surface area contributed by atoms with Gasteiger partial charge in [-0.2, -0.15) is 5.23 Å². The van der Waals surface area contributed by atoms with Gasteiger partial charge in [0.05, 0.1) is 29.3 Å². The lowest BCUT2D eigenvalue weighted by Crippen LogP contribution is -2.99. The lowest BCUT2D eigenvalue weighted by molar-refractivity contribution is -0.991. The highest BCUT2D eigenvalue weighted by molar-refractivity contribution is 6.24. The Morgan fingerprint density at radius 3 is 2.24 bits per heavy atom. The fourth-order valence-electron chi connectivity index (χ4n) is 8.12. The lowest BCUT2D eigenvalue weighted by Gasteiger charge is -2.50. The van der Waals surface area contributed by atoms with Crippen molar-refractivity contribution in [1.82, 2.24) is 9.80 Å². The summed E-state index contributed by atoms with van der Waals surface area (Å²) in [6, 6.07) is 12.2. The van der Waals surface area contributed by atoms with Crippen LogP contribution in [0.15, 0.2) is 71.5 Å². The number of hydrogen-bond donors (Lipinski definition) is 7. The summed E-state index contributed by atoms with van der Waals surface area (Å²) >= 11 is 0. The van der Waals surface area contributed by atoms with Crippen molar-refractivity contribution in [3.8, 4) is 16.9 Å². The molecule has 8 N–H and O–H groups in total. The molecule has 1 aliphatic heterocycles. The topological polar surface area (TPSA) is 246 Å². The second kappa shape index (κ2) is 11.7. The molecule has 0 radical (unpaired) electrons. The monoisotopic (exact) mass is 696 g/mol. The van der Waals surface area contributed by atoms with Crippen molar-refractivity contribution in [2.75, 3.05) is 14.1 Å². The summed E-state index contributed by atoms with van der Waals surface area (Å²) in [4.78, 5) is 69.0. The Labute approximate surface area is 289 Å². The molecule has 1 heterocycles. The number of amides is 3. The number of phenolic OH excluding ortho intramolecular Hbond substituents is 1. The predicted molar refractivity (Wildman–Crippen MR) is 176 cm³/mol. The number of Topliss-reactive ketones (excluding diaryl/α,β-unsaturated/α-hetero) is 2. The Kier molecular flexibility index (Phi) is 7.74. The summed E-state index contributed by atoms with van der Waals surface area (Å²) in [5, 5.41) is 67.3. The Bertz CT molecular complexity index is 2150. The zero-order valence-corrected chi connectivity index (χ0v) is 27.2. The molecule has 3 aromatic carbocycles. The van der Waals surface area contributed by atoms with E-state index in [1.807, 2.05) is 0 Å². The van der Waals surface area contributed by atoms with Crippen LogP contribution in [-0.4, -0.2) is 90.5 Å². The molecule has 3 amide bonds. The van der Waals surface area contributed by atoms with Crippen LogP contribution >= 0.6 is 0 Å². The van der Waals surface area contributed by atoms with Gasteiger partial charge in [-0.3, -0.25) is 33.8 Å². The van der Waals surface area contributed by atoms with Crippen molar-refractivity contribution in [2.45, 2.75) is 31.0 Å². The maximum atomic E-state index is 14.4. The van der Waals surface area contributed by atoms with Gasteiger partial charge in [-0.05, 0) is 67.7 Å². The van der Waals surface area contributed by atoms with Gasteiger partial charge in [-0.25, -0.2) is 5.21 Å². The minimum Gasteiger partial charge on any atom is -0.595 e. The van der Waals surface area contributed by atoms with Gasteiger partial charge in [-0.1, -0.05) is 24.3 Å². The second-order valence-corrected chi connectivity index (χ2v) is 13.4. The third-order valence-corrected chi connectivity index (χ3v) is 10.4. The van der Waals surface area contributed by atoms with Crippen molar-refractivity contribution in [1.29, 1.82) is 0 Å². The van der Waals surface area contributed by atoms with E-state index in [0.717, 1.165) is 4.90 Å². The molecule has 15 heteroatoms. The molecule has 3 aliphatic carbocycles. The van der Waals surface area contributed by atoms with Crippen molar-refractivity contribution >= 4 is 40.7 Å². The number of nitrogens with zero attached hydrogens (tertiary/aromatic N) is 2. The molecule has 5 atom stereocenters. The number of carbonyl (C=O) groups is 5. The van der Waals surface area contributed by atoms with E-state index in [1.165, 1.54) is 55.4 Å². The van der Waals surface area contributed by atoms with E-state index >= 15 is 0 Å². The summed E-state index contributed by atoms with van der Waals surface area (Å²) < 4.78 is 0. The van der Waals surface area contributed by atoms with E-state index in [0.29, 0.717) is 11.1 Å². The highest BCUT2D eigenvalue weighted by Gasteiger charge is 2.64. The number of phenols is 1. The molecule has 51 heavy (non-hydrogen) atoms. The van der Waals surface area contributed by atoms with Crippen LogP contribution in [0.1, 0.15) is 43.8 Å². The van der Waals surface area contributed by atoms with Gasteiger partial charge in [0.15, 0.2) is 17.1 Å². The Hall–Kier alpha value is -5.71. The van der Waals surface area contributed by atoms with Gasteiger partial charge in [-0.15, -0.1) is 0 Å². The smallest absolute Gasteiger partial charge is 0.261 e.